The molecule has 2 rings (SSSR count). The first-order chi connectivity index (χ1) is 8.28. The van der Waals surface area contributed by atoms with E-state index in [9.17, 15) is 0 Å². The van der Waals surface area contributed by atoms with Crippen molar-refractivity contribution in [3.8, 4) is 0 Å². The molecule has 17 heavy (non-hydrogen) atoms. The number of guanidine groups is 1. The van der Waals surface area contributed by atoms with Crippen LogP contribution in [0, 0.1) is 6.92 Å². The molecule has 0 saturated carbocycles. The van der Waals surface area contributed by atoms with Gasteiger partial charge >= 0.3 is 0 Å². The van der Waals surface area contributed by atoms with Crippen molar-refractivity contribution in [3.05, 3.63) is 29.8 Å². The highest BCUT2D eigenvalue weighted by molar-refractivity contribution is 8.13. The van der Waals surface area contributed by atoms with E-state index in [2.05, 4.69) is 33.3 Å². The summed E-state index contributed by atoms with van der Waals surface area (Å²) in [6.45, 7) is 4.11. The number of aryl methyl sites for hydroxylation is 1. The van der Waals surface area contributed by atoms with E-state index >= 15 is 0 Å². The molecule has 6 heteroatoms. The highest BCUT2D eigenvalue weighted by Crippen LogP contribution is 2.13. The summed E-state index contributed by atoms with van der Waals surface area (Å²) >= 11 is 1.62. The molecule has 1 heterocycles. The number of hydrazine groups is 1. The average Bonchev–Trinajstić information content (AvgIpc) is 2.32. The van der Waals surface area contributed by atoms with Crippen LogP contribution < -0.4 is 16.3 Å². The third kappa shape index (κ3) is 3.39. The first-order valence-corrected chi connectivity index (χ1v) is 6.40. The molecule has 3 N–H and O–H groups in total. The Labute approximate surface area is 105 Å². The largest absolute Gasteiger partial charge is 0.275 e. The number of hydrogen-bond donors (Lipinski definition) is 3. The van der Waals surface area contributed by atoms with Gasteiger partial charge in [0.25, 0.3) is 0 Å². The maximum absolute atomic E-state index is 4.39. The third-order valence-electron chi connectivity index (χ3n) is 2.07. The number of hydrazone groups is 1. The molecule has 1 aromatic carbocycles. The van der Waals surface area contributed by atoms with Crippen molar-refractivity contribution >= 4 is 28.6 Å². The second kappa shape index (κ2) is 5.58. The predicted molar refractivity (Wildman–Crippen MR) is 73.2 cm³/mol. The first kappa shape index (κ1) is 11.8. The fourth-order valence-corrected chi connectivity index (χ4v) is 1.86. The van der Waals surface area contributed by atoms with Crippen molar-refractivity contribution in [1.82, 2.24) is 16.3 Å². The minimum Gasteiger partial charge on any atom is -0.275 e. The molecule has 0 saturated heterocycles. The molecule has 0 spiro atoms. The van der Waals surface area contributed by atoms with E-state index in [-0.39, 0.29) is 0 Å². The monoisotopic (exact) mass is 249 g/mol. The van der Waals surface area contributed by atoms with Crippen molar-refractivity contribution in [1.29, 1.82) is 0 Å². The maximum atomic E-state index is 4.39. The number of aliphatic imine (C=N–C) groups is 1. The van der Waals surface area contributed by atoms with Crippen LogP contribution >= 0.6 is 11.8 Å². The molecule has 0 aliphatic carbocycles. The maximum Gasteiger partial charge on any atom is 0.236 e. The Bertz CT molecular complexity index is 455. The molecular formula is C11H15N5S. The normalized spacial score (nSPS) is 16.8. The number of amidine groups is 1. The lowest BCUT2D eigenvalue weighted by atomic mass is 10.2. The Kier molecular flexibility index (Phi) is 3.87. The highest BCUT2D eigenvalue weighted by Gasteiger charge is 2.07. The molecule has 1 aromatic rings. The van der Waals surface area contributed by atoms with Gasteiger partial charge in [-0.2, -0.15) is 0 Å². The van der Waals surface area contributed by atoms with Gasteiger partial charge in [0.05, 0.1) is 5.69 Å². The van der Waals surface area contributed by atoms with Crippen LogP contribution in [0.3, 0.4) is 0 Å². The van der Waals surface area contributed by atoms with Crippen LogP contribution in [-0.4, -0.2) is 16.9 Å². The third-order valence-corrected chi connectivity index (χ3v) is 2.83. The summed E-state index contributed by atoms with van der Waals surface area (Å²) in [7, 11) is 0. The van der Waals surface area contributed by atoms with Crippen LogP contribution in [0.5, 0.6) is 0 Å². The molecule has 0 aromatic heterocycles. The topological polar surface area (TPSA) is 60.8 Å². The standard InChI is InChI=1S/C11H15N5S/c1-3-17-11-15-13-10(14-16-11)12-9-6-4-5-8(2)7-9/h4-7H,3H2,1-2H3,(H,15,16)(H2,12,13,14). The molecule has 0 fully saturated rings. The summed E-state index contributed by atoms with van der Waals surface area (Å²) in [5, 5.41) is 4.96. The fraction of sp³-hybridized carbons (Fsp3) is 0.273. The predicted octanol–water partition coefficient (Wildman–Crippen LogP) is 1.70. The van der Waals surface area contributed by atoms with Gasteiger partial charge < -0.3 is 0 Å². The van der Waals surface area contributed by atoms with E-state index in [1.165, 1.54) is 5.56 Å². The van der Waals surface area contributed by atoms with E-state index < -0.39 is 0 Å². The minimum atomic E-state index is 0.594. The molecule has 5 nitrogen and oxygen atoms in total. The van der Waals surface area contributed by atoms with Crippen molar-refractivity contribution in [2.24, 2.45) is 10.1 Å². The zero-order valence-corrected chi connectivity index (χ0v) is 10.6. The van der Waals surface area contributed by atoms with Crippen LogP contribution in [0.4, 0.5) is 5.69 Å². The summed E-state index contributed by atoms with van der Waals surface area (Å²) in [5.41, 5.74) is 10.9. The van der Waals surface area contributed by atoms with Gasteiger partial charge in [-0.25, -0.2) is 10.4 Å². The molecule has 0 unspecified atom stereocenters. The van der Waals surface area contributed by atoms with Crippen molar-refractivity contribution in [2.75, 3.05) is 5.75 Å². The lowest BCUT2D eigenvalue weighted by Crippen LogP contribution is -2.50. The Morgan fingerprint density at radius 3 is 2.88 bits per heavy atom. The molecule has 0 atom stereocenters. The fourth-order valence-electron chi connectivity index (χ4n) is 1.36. The second-order valence-corrected chi connectivity index (χ2v) is 4.76. The van der Waals surface area contributed by atoms with Crippen LogP contribution in [0.1, 0.15) is 12.5 Å². The summed E-state index contributed by atoms with van der Waals surface area (Å²) in [4.78, 5) is 4.39. The van der Waals surface area contributed by atoms with E-state index in [1.807, 2.05) is 31.2 Å². The van der Waals surface area contributed by atoms with Crippen molar-refractivity contribution < 1.29 is 0 Å². The van der Waals surface area contributed by atoms with Gasteiger partial charge in [-0.1, -0.05) is 30.8 Å². The Morgan fingerprint density at radius 1 is 1.35 bits per heavy atom. The van der Waals surface area contributed by atoms with Crippen LogP contribution in [0.15, 0.2) is 34.4 Å². The zero-order valence-electron chi connectivity index (χ0n) is 9.82. The van der Waals surface area contributed by atoms with Gasteiger partial charge in [0, 0.05) is 0 Å². The van der Waals surface area contributed by atoms with Gasteiger partial charge in [-0.3, -0.25) is 10.9 Å². The van der Waals surface area contributed by atoms with Gasteiger partial charge in [0.1, 0.15) is 0 Å². The lowest BCUT2D eigenvalue weighted by molar-refractivity contribution is 0.770. The molecule has 0 radical (unpaired) electrons. The van der Waals surface area contributed by atoms with Crippen molar-refractivity contribution in [3.63, 3.8) is 0 Å². The number of benzene rings is 1. The van der Waals surface area contributed by atoms with Gasteiger partial charge in [0.2, 0.25) is 5.96 Å². The van der Waals surface area contributed by atoms with Gasteiger partial charge in [0.15, 0.2) is 5.17 Å². The van der Waals surface area contributed by atoms with E-state index in [0.717, 1.165) is 16.6 Å². The van der Waals surface area contributed by atoms with Gasteiger partial charge in [-0.05, 0) is 30.4 Å². The van der Waals surface area contributed by atoms with Crippen LogP contribution in [0.25, 0.3) is 0 Å². The number of rotatable bonds is 2. The smallest absolute Gasteiger partial charge is 0.236 e. The minimum absolute atomic E-state index is 0.594. The van der Waals surface area contributed by atoms with E-state index in [4.69, 9.17) is 0 Å². The molecule has 1 aliphatic heterocycles. The van der Waals surface area contributed by atoms with Crippen molar-refractivity contribution in [2.45, 2.75) is 13.8 Å². The SMILES string of the molecule is CCSC1=NNC(=Nc2cccc(C)c2)NN1. The van der Waals surface area contributed by atoms with E-state index in [1.54, 1.807) is 11.8 Å². The number of thioether (sulfide) groups is 1. The molecule has 1 aliphatic rings. The zero-order chi connectivity index (χ0) is 12.1. The molecule has 90 valence electrons. The Hall–Kier alpha value is -1.69. The second-order valence-electron chi connectivity index (χ2n) is 3.51. The molecular weight excluding hydrogens is 234 g/mol. The Balaban J connectivity index is 2.05. The molecule has 0 bridgehead atoms. The van der Waals surface area contributed by atoms with Crippen LogP contribution in [0.2, 0.25) is 0 Å². The average molecular weight is 249 g/mol. The number of hydrogen-bond acceptors (Lipinski definition) is 4. The quantitative estimate of drug-likeness (QED) is 0.746. The van der Waals surface area contributed by atoms with Crippen LogP contribution in [-0.2, 0) is 0 Å². The van der Waals surface area contributed by atoms with Gasteiger partial charge in [-0.15, -0.1) is 5.10 Å². The molecule has 0 amide bonds. The number of nitrogens with one attached hydrogen (secondary N) is 3. The Morgan fingerprint density at radius 2 is 2.24 bits per heavy atom. The van der Waals surface area contributed by atoms with E-state index in [0.29, 0.717) is 5.96 Å². The summed E-state index contributed by atoms with van der Waals surface area (Å²) in [6.07, 6.45) is 0. The summed E-state index contributed by atoms with van der Waals surface area (Å²) in [6, 6.07) is 7.98. The summed E-state index contributed by atoms with van der Waals surface area (Å²) < 4.78 is 0. The number of nitrogens with zero attached hydrogens (tertiary/aromatic N) is 2. The lowest BCUT2D eigenvalue weighted by Gasteiger charge is -2.17. The summed E-state index contributed by atoms with van der Waals surface area (Å²) in [5.74, 6) is 1.57. The highest BCUT2D eigenvalue weighted by atomic mass is 32.2. The first-order valence-electron chi connectivity index (χ1n) is 5.42.